The smallest absolute Gasteiger partial charge is 0.334 e. The minimum absolute atomic E-state index is 0.264. The molecule has 1 aliphatic heterocycles. The van der Waals surface area contributed by atoms with Gasteiger partial charge in [-0.15, -0.1) is 11.8 Å². The van der Waals surface area contributed by atoms with Gasteiger partial charge in [-0.1, -0.05) is 30.3 Å². The number of morpholine rings is 1. The molecule has 0 saturated carbocycles. The van der Waals surface area contributed by atoms with Crippen molar-refractivity contribution in [2.24, 2.45) is 0 Å². The molecule has 1 aromatic heterocycles. The highest BCUT2D eigenvalue weighted by Gasteiger charge is 2.37. The second kappa shape index (κ2) is 7.41. The Morgan fingerprint density at radius 2 is 2.12 bits per heavy atom. The van der Waals surface area contributed by atoms with E-state index in [2.05, 4.69) is 22.1 Å². The summed E-state index contributed by atoms with van der Waals surface area (Å²) in [7, 11) is 0. The van der Waals surface area contributed by atoms with Crippen LogP contribution in [0.3, 0.4) is 0 Å². The highest BCUT2D eigenvalue weighted by Crippen LogP contribution is 2.27. The quantitative estimate of drug-likeness (QED) is 0.823. The summed E-state index contributed by atoms with van der Waals surface area (Å²) in [4.78, 5) is 22.2. The molecule has 1 fully saturated rings. The van der Waals surface area contributed by atoms with Gasteiger partial charge in [0.1, 0.15) is 10.8 Å². The first-order valence-corrected chi connectivity index (χ1v) is 9.06. The summed E-state index contributed by atoms with van der Waals surface area (Å²) >= 11 is 1.61. The number of anilines is 1. The fraction of sp³-hybridized carbons (Fsp3) is 0.389. The Balaban J connectivity index is 1.73. The maximum atomic E-state index is 11.4. The first kappa shape index (κ1) is 17.7. The third kappa shape index (κ3) is 4.70. The van der Waals surface area contributed by atoms with Crippen LogP contribution in [0.5, 0.6) is 0 Å². The summed E-state index contributed by atoms with van der Waals surface area (Å²) in [5.41, 5.74) is 0.661. The number of aliphatic carboxylic acids is 1. The molecule has 1 aromatic carbocycles. The molecule has 2 heterocycles. The van der Waals surface area contributed by atoms with Crippen LogP contribution in [0.15, 0.2) is 47.8 Å². The molecule has 3 rings (SSSR count). The van der Waals surface area contributed by atoms with Crippen molar-refractivity contribution in [2.75, 3.05) is 18.0 Å². The number of rotatable bonds is 5. The van der Waals surface area contributed by atoms with E-state index < -0.39 is 17.7 Å². The van der Waals surface area contributed by atoms with Crippen LogP contribution in [0.2, 0.25) is 0 Å². The largest absolute Gasteiger partial charge is 0.479 e. The molecule has 1 atom stereocenters. The Bertz CT molecular complexity index is 739. The third-order valence-corrected chi connectivity index (χ3v) is 4.82. The molecule has 1 saturated heterocycles. The van der Waals surface area contributed by atoms with Gasteiger partial charge in [0.2, 0.25) is 0 Å². The number of thioether (sulfide) groups is 1. The fourth-order valence-electron chi connectivity index (χ4n) is 2.78. The van der Waals surface area contributed by atoms with Crippen molar-refractivity contribution in [3.05, 3.63) is 48.3 Å². The number of benzene rings is 1. The van der Waals surface area contributed by atoms with Gasteiger partial charge in [-0.2, -0.15) is 0 Å². The van der Waals surface area contributed by atoms with Crippen molar-refractivity contribution >= 4 is 23.5 Å². The minimum atomic E-state index is -0.958. The molecular formula is C18H21N3O3S. The summed E-state index contributed by atoms with van der Waals surface area (Å²) in [6, 6.07) is 10.2. The van der Waals surface area contributed by atoms with E-state index in [1.54, 1.807) is 24.2 Å². The van der Waals surface area contributed by atoms with E-state index in [1.165, 1.54) is 5.56 Å². The highest BCUT2D eigenvalue weighted by molar-refractivity contribution is 7.98. The number of carboxylic acids is 1. The lowest BCUT2D eigenvalue weighted by molar-refractivity contribution is -0.163. The number of carboxylic acid groups (broad SMARTS) is 1. The Morgan fingerprint density at radius 3 is 2.84 bits per heavy atom. The third-order valence-electron chi connectivity index (χ3n) is 3.85. The van der Waals surface area contributed by atoms with E-state index in [9.17, 15) is 9.90 Å². The van der Waals surface area contributed by atoms with Gasteiger partial charge < -0.3 is 14.7 Å². The maximum Gasteiger partial charge on any atom is 0.334 e. The summed E-state index contributed by atoms with van der Waals surface area (Å²) in [5, 5.41) is 10.1. The fourth-order valence-corrected chi connectivity index (χ4v) is 3.58. The molecule has 1 aliphatic rings. The van der Waals surface area contributed by atoms with Gasteiger partial charge in [-0.3, -0.25) is 4.98 Å². The van der Waals surface area contributed by atoms with Crippen LogP contribution in [-0.2, 0) is 15.3 Å². The zero-order valence-corrected chi connectivity index (χ0v) is 15.1. The van der Waals surface area contributed by atoms with Crippen molar-refractivity contribution in [1.82, 2.24) is 9.97 Å². The second-order valence-corrected chi connectivity index (χ2v) is 7.57. The molecule has 0 radical (unpaired) electrons. The van der Waals surface area contributed by atoms with Crippen LogP contribution < -0.4 is 4.90 Å². The number of ether oxygens (including phenoxy) is 1. The molecule has 7 heteroatoms. The Morgan fingerprint density at radius 1 is 1.36 bits per heavy atom. The average Bonchev–Trinajstić information content (AvgIpc) is 2.60. The van der Waals surface area contributed by atoms with E-state index in [1.807, 2.05) is 36.9 Å². The molecule has 0 aliphatic carbocycles. The van der Waals surface area contributed by atoms with E-state index in [0.29, 0.717) is 12.4 Å². The molecular weight excluding hydrogens is 338 g/mol. The van der Waals surface area contributed by atoms with E-state index in [4.69, 9.17) is 4.74 Å². The molecule has 0 bridgehead atoms. The van der Waals surface area contributed by atoms with Crippen molar-refractivity contribution in [2.45, 2.75) is 36.3 Å². The summed E-state index contributed by atoms with van der Waals surface area (Å²) < 4.78 is 5.63. The normalized spacial score (nSPS) is 19.6. The molecule has 1 unspecified atom stereocenters. The Labute approximate surface area is 151 Å². The van der Waals surface area contributed by atoms with E-state index in [0.717, 1.165) is 10.8 Å². The number of aromatic nitrogens is 2. The number of carbonyl (C=O) groups is 1. The second-order valence-electron chi connectivity index (χ2n) is 6.57. The molecule has 2 aromatic rings. The summed E-state index contributed by atoms with van der Waals surface area (Å²) in [6.07, 6.45) is 2.54. The maximum absolute atomic E-state index is 11.4. The molecule has 132 valence electrons. The Kier molecular flexibility index (Phi) is 5.24. The van der Waals surface area contributed by atoms with Gasteiger partial charge in [-0.25, -0.2) is 9.78 Å². The first-order chi connectivity index (χ1) is 11.9. The van der Waals surface area contributed by atoms with Crippen molar-refractivity contribution in [3.8, 4) is 0 Å². The van der Waals surface area contributed by atoms with E-state index >= 15 is 0 Å². The molecule has 0 spiro atoms. The van der Waals surface area contributed by atoms with Crippen molar-refractivity contribution < 1.29 is 14.6 Å². The first-order valence-electron chi connectivity index (χ1n) is 8.07. The van der Waals surface area contributed by atoms with Crippen LogP contribution >= 0.6 is 11.8 Å². The lowest BCUT2D eigenvalue weighted by Gasteiger charge is -2.41. The molecule has 0 amide bonds. The number of hydrogen-bond acceptors (Lipinski definition) is 6. The summed E-state index contributed by atoms with van der Waals surface area (Å²) in [5.74, 6) is 0.534. The lowest BCUT2D eigenvalue weighted by Crippen LogP contribution is -2.55. The highest BCUT2D eigenvalue weighted by atomic mass is 32.2. The SMILES string of the molecule is CC1(C)CN(c2cncc(SCc3ccccc3)n2)CC(C(=O)O)O1. The van der Waals surface area contributed by atoms with Gasteiger partial charge in [0, 0.05) is 12.3 Å². The minimum Gasteiger partial charge on any atom is -0.479 e. The average molecular weight is 359 g/mol. The zero-order chi connectivity index (χ0) is 17.9. The number of hydrogen-bond donors (Lipinski definition) is 1. The van der Waals surface area contributed by atoms with Crippen LogP contribution in [0.1, 0.15) is 19.4 Å². The van der Waals surface area contributed by atoms with Crippen molar-refractivity contribution in [1.29, 1.82) is 0 Å². The number of nitrogens with zero attached hydrogens (tertiary/aromatic N) is 3. The van der Waals surface area contributed by atoms with Gasteiger partial charge in [0.15, 0.2) is 6.10 Å². The summed E-state index contributed by atoms with van der Waals surface area (Å²) in [6.45, 7) is 4.60. The van der Waals surface area contributed by atoms with Gasteiger partial charge in [-0.05, 0) is 19.4 Å². The lowest BCUT2D eigenvalue weighted by atomic mass is 10.1. The predicted molar refractivity (Wildman–Crippen MR) is 96.8 cm³/mol. The van der Waals surface area contributed by atoms with Gasteiger partial charge in [0.05, 0.1) is 24.5 Å². The predicted octanol–water partition coefficient (Wildman–Crippen LogP) is 2.84. The molecule has 6 nitrogen and oxygen atoms in total. The van der Waals surface area contributed by atoms with Gasteiger partial charge >= 0.3 is 5.97 Å². The molecule has 25 heavy (non-hydrogen) atoms. The monoisotopic (exact) mass is 359 g/mol. The topological polar surface area (TPSA) is 75.6 Å². The van der Waals surface area contributed by atoms with Gasteiger partial charge in [0.25, 0.3) is 0 Å². The Hall–Kier alpha value is -2.12. The standard InChI is InChI=1S/C18H21N3O3S/c1-18(2)12-21(10-14(24-18)17(22)23)15-8-19-9-16(20-15)25-11-13-6-4-3-5-7-13/h3-9,14H,10-12H2,1-2H3,(H,22,23). The van der Waals surface area contributed by atoms with E-state index in [-0.39, 0.29) is 6.54 Å². The van der Waals surface area contributed by atoms with Crippen LogP contribution in [-0.4, -0.2) is 45.8 Å². The molecule has 1 N–H and O–H groups in total. The van der Waals surface area contributed by atoms with Crippen LogP contribution in [0.4, 0.5) is 5.82 Å². The zero-order valence-electron chi connectivity index (χ0n) is 14.3. The van der Waals surface area contributed by atoms with Crippen LogP contribution in [0.25, 0.3) is 0 Å². The van der Waals surface area contributed by atoms with Crippen molar-refractivity contribution in [3.63, 3.8) is 0 Å². The van der Waals surface area contributed by atoms with Crippen LogP contribution in [0, 0.1) is 0 Å².